The highest BCUT2D eigenvalue weighted by Gasteiger charge is 2.30. The Morgan fingerprint density at radius 1 is 1.58 bits per heavy atom. The highest BCUT2D eigenvalue weighted by molar-refractivity contribution is 7.09. The van der Waals surface area contributed by atoms with Gasteiger partial charge >= 0.3 is 5.97 Å². The number of hydrogen-bond donors (Lipinski definition) is 1. The Morgan fingerprint density at radius 3 is 2.95 bits per heavy atom. The van der Waals surface area contributed by atoms with Crippen LogP contribution in [0.4, 0.5) is 0 Å². The lowest BCUT2D eigenvalue weighted by atomic mass is 10.1. The fourth-order valence-electron chi connectivity index (χ4n) is 2.10. The van der Waals surface area contributed by atoms with Crippen molar-refractivity contribution < 1.29 is 9.90 Å². The summed E-state index contributed by atoms with van der Waals surface area (Å²) in [7, 11) is 0. The summed E-state index contributed by atoms with van der Waals surface area (Å²) in [5.74, 6) is -1.04. The minimum Gasteiger partial charge on any atom is -0.476 e. The predicted octanol–water partition coefficient (Wildman–Crippen LogP) is 0.798. The van der Waals surface area contributed by atoms with Gasteiger partial charge in [0, 0.05) is 25.0 Å². The molecule has 0 saturated carbocycles. The second-order valence-corrected chi connectivity index (χ2v) is 5.66. The molecular weight excluding hydrogens is 266 g/mol. The summed E-state index contributed by atoms with van der Waals surface area (Å²) >= 11 is 1.65. The molecule has 0 unspecified atom stereocenters. The number of aromatic nitrogens is 4. The van der Waals surface area contributed by atoms with E-state index in [0.717, 1.165) is 30.3 Å². The number of carboxylic acids is 1. The van der Waals surface area contributed by atoms with Crippen LogP contribution in [0, 0.1) is 6.92 Å². The van der Waals surface area contributed by atoms with E-state index in [9.17, 15) is 4.79 Å². The molecule has 3 rings (SSSR count). The number of likely N-dealkylation sites (tertiary alicyclic amines) is 1. The Kier molecular flexibility index (Phi) is 3.03. The first-order chi connectivity index (χ1) is 9.11. The van der Waals surface area contributed by atoms with Crippen LogP contribution in [0.5, 0.6) is 0 Å². The van der Waals surface area contributed by atoms with Crippen molar-refractivity contribution in [1.29, 1.82) is 0 Å². The number of nitrogens with zero attached hydrogens (tertiary/aromatic N) is 5. The van der Waals surface area contributed by atoms with Crippen molar-refractivity contribution in [3.63, 3.8) is 0 Å². The Morgan fingerprint density at radius 2 is 2.37 bits per heavy atom. The van der Waals surface area contributed by atoms with E-state index in [-0.39, 0.29) is 11.7 Å². The molecule has 0 bridgehead atoms. The standard InChI is InChI=1S/C11H13N5O2S/c1-7-12-8(6-19-7)2-15-3-9(4-15)16-5-10(11(17)18)13-14-16/h5-6,9H,2-4H2,1H3,(H,17,18). The van der Waals surface area contributed by atoms with E-state index >= 15 is 0 Å². The summed E-state index contributed by atoms with van der Waals surface area (Å²) in [6, 6.07) is 0.209. The van der Waals surface area contributed by atoms with Gasteiger partial charge in [0.1, 0.15) is 0 Å². The Hall–Kier alpha value is -1.80. The van der Waals surface area contributed by atoms with E-state index in [1.165, 1.54) is 6.20 Å². The fraction of sp³-hybridized carbons (Fsp3) is 0.455. The van der Waals surface area contributed by atoms with Crippen molar-refractivity contribution in [1.82, 2.24) is 24.9 Å². The number of aryl methyl sites for hydroxylation is 1. The number of aromatic carboxylic acids is 1. The summed E-state index contributed by atoms with van der Waals surface area (Å²) in [4.78, 5) is 17.4. The van der Waals surface area contributed by atoms with E-state index in [1.807, 2.05) is 6.92 Å². The first-order valence-electron chi connectivity index (χ1n) is 5.90. The molecule has 3 heterocycles. The van der Waals surface area contributed by atoms with E-state index < -0.39 is 5.97 Å². The van der Waals surface area contributed by atoms with Crippen LogP contribution in [0.2, 0.25) is 0 Å². The van der Waals surface area contributed by atoms with E-state index in [0.29, 0.717) is 0 Å². The first-order valence-corrected chi connectivity index (χ1v) is 6.78. The molecule has 0 atom stereocenters. The quantitative estimate of drug-likeness (QED) is 0.891. The molecule has 1 fully saturated rings. The Balaban J connectivity index is 1.55. The largest absolute Gasteiger partial charge is 0.476 e. The zero-order valence-electron chi connectivity index (χ0n) is 10.4. The van der Waals surface area contributed by atoms with Gasteiger partial charge in [-0.15, -0.1) is 16.4 Å². The zero-order chi connectivity index (χ0) is 13.4. The molecule has 0 radical (unpaired) electrons. The van der Waals surface area contributed by atoms with Crippen LogP contribution in [-0.4, -0.2) is 49.0 Å². The van der Waals surface area contributed by atoms with Crippen LogP contribution < -0.4 is 0 Å². The number of thiazole rings is 1. The summed E-state index contributed by atoms with van der Waals surface area (Å²) in [6.07, 6.45) is 1.48. The van der Waals surface area contributed by atoms with Gasteiger partial charge in [0.15, 0.2) is 5.69 Å². The third kappa shape index (κ3) is 2.49. The van der Waals surface area contributed by atoms with Crippen molar-refractivity contribution in [3.05, 3.63) is 28.0 Å². The molecule has 1 aliphatic heterocycles. The topological polar surface area (TPSA) is 84.1 Å². The average Bonchev–Trinajstić information content (AvgIpc) is 2.91. The maximum atomic E-state index is 10.7. The molecule has 100 valence electrons. The van der Waals surface area contributed by atoms with Gasteiger partial charge in [0.05, 0.1) is 22.9 Å². The predicted molar refractivity (Wildman–Crippen MR) is 68.1 cm³/mol. The molecule has 1 N–H and O–H groups in total. The monoisotopic (exact) mass is 279 g/mol. The lowest BCUT2D eigenvalue weighted by Gasteiger charge is -2.38. The highest BCUT2D eigenvalue weighted by atomic mass is 32.1. The summed E-state index contributed by atoms with van der Waals surface area (Å²) in [5, 5.41) is 19.4. The van der Waals surface area contributed by atoms with Gasteiger partial charge in [-0.1, -0.05) is 5.21 Å². The van der Waals surface area contributed by atoms with E-state index in [4.69, 9.17) is 5.11 Å². The third-order valence-corrected chi connectivity index (χ3v) is 3.92. The number of carboxylic acid groups (broad SMARTS) is 1. The highest BCUT2D eigenvalue weighted by Crippen LogP contribution is 2.23. The zero-order valence-corrected chi connectivity index (χ0v) is 11.2. The second-order valence-electron chi connectivity index (χ2n) is 4.59. The van der Waals surface area contributed by atoms with Crippen molar-refractivity contribution in [2.45, 2.75) is 19.5 Å². The number of carbonyl (C=O) groups is 1. The first kappa shape index (κ1) is 12.2. The molecule has 8 heteroatoms. The molecule has 0 aromatic carbocycles. The molecule has 0 amide bonds. The fourth-order valence-corrected chi connectivity index (χ4v) is 2.71. The maximum Gasteiger partial charge on any atom is 0.358 e. The van der Waals surface area contributed by atoms with E-state index in [2.05, 4.69) is 25.6 Å². The van der Waals surface area contributed by atoms with Gasteiger partial charge in [-0.05, 0) is 6.92 Å². The molecule has 2 aromatic heterocycles. The molecule has 1 aliphatic rings. The maximum absolute atomic E-state index is 10.7. The van der Waals surface area contributed by atoms with Gasteiger partial charge in [0.25, 0.3) is 0 Å². The van der Waals surface area contributed by atoms with Crippen LogP contribution in [0.15, 0.2) is 11.6 Å². The average molecular weight is 279 g/mol. The van der Waals surface area contributed by atoms with Crippen LogP contribution >= 0.6 is 11.3 Å². The van der Waals surface area contributed by atoms with Crippen molar-refractivity contribution in [2.75, 3.05) is 13.1 Å². The van der Waals surface area contributed by atoms with Gasteiger partial charge in [-0.25, -0.2) is 14.5 Å². The summed E-state index contributed by atoms with van der Waals surface area (Å²) in [6.45, 7) is 4.52. The van der Waals surface area contributed by atoms with Gasteiger partial charge in [-0.3, -0.25) is 4.90 Å². The van der Waals surface area contributed by atoms with Gasteiger partial charge < -0.3 is 5.11 Å². The van der Waals surface area contributed by atoms with E-state index in [1.54, 1.807) is 16.0 Å². The Labute approximate surface area is 113 Å². The molecule has 19 heavy (non-hydrogen) atoms. The van der Waals surface area contributed by atoms with Crippen LogP contribution in [0.25, 0.3) is 0 Å². The van der Waals surface area contributed by atoms with Crippen LogP contribution in [0.1, 0.15) is 27.2 Å². The second kappa shape index (κ2) is 4.71. The molecule has 0 spiro atoms. The van der Waals surface area contributed by atoms with Gasteiger partial charge in [0.2, 0.25) is 0 Å². The minimum atomic E-state index is -1.04. The lowest BCUT2D eigenvalue weighted by Crippen LogP contribution is -2.47. The SMILES string of the molecule is Cc1nc(CN2CC(n3cc(C(=O)O)nn3)C2)cs1. The normalized spacial score (nSPS) is 16.5. The number of hydrogen-bond acceptors (Lipinski definition) is 6. The van der Waals surface area contributed by atoms with Crippen molar-refractivity contribution in [3.8, 4) is 0 Å². The smallest absolute Gasteiger partial charge is 0.358 e. The van der Waals surface area contributed by atoms with Crippen LogP contribution in [0.3, 0.4) is 0 Å². The van der Waals surface area contributed by atoms with Crippen molar-refractivity contribution >= 4 is 17.3 Å². The molecule has 0 aliphatic carbocycles. The van der Waals surface area contributed by atoms with Crippen molar-refractivity contribution in [2.24, 2.45) is 0 Å². The third-order valence-electron chi connectivity index (χ3n) is 3.09. The summed E-state index contributed by atoms with van der Waals surface area (Å²) < 4.78 is 1.63. The molecule has 2 aromatic rings. The Bertz CT molecular complexity index is 602. The molecule has 7 nitrogen and oxygen atoms in total. The lowest BCUT2D eigenvalue weighted by molar-refractivity contribution is 0.0690. The minimum absolute atomic E-state index is 0.00595. The van der Waals surface area contributed by atoms with Crippen LogP contribution in [-0.2, 0) is 6.54 Å². The summed E-state index contributed by atoms with van der Waals surface area (Å²) in [5.41, 5.74) is 1.08. The molecule has 1 saturated heterocycles. The number of rotatable bonds is 4. The van der Waals surface area contributed by atoms with Gasteiger partial charge in [-0.2, -0.15) is 0 Å². The molecular formula is C11H13N5O2S.